The molecule has 0 saturated heterocycles. The van der Waals surface area contributed by atoms with Crippen LogP contribution in [0.1, 0.15) is 47.0 Å². The number of nitrogens with one attached hydrogen (secondary N) is 2. The number of hydrogen-bond acceptors (Lipinski definition) is 2. The van der Waals surface area contributed by atoms with Gasteiger partial charge in [-0.1, -0.05) is 27.7 Å². The van der Waals surface area contributed by atoms with Crippen molar-refractivity contribution < 1.29 is 14.7 Å². The molecule has 0 aromatic carbocycles. The molecule has 1 atom stereocenters. The van der Waals surface area contributed by atoms with Crippen molar-refractivity contribution in [2.45, 2.75) is 53.0 Å². The second-order valence-corrected chi connectivity index (χ2v) is 6.65. The summed E-state index contributed by atoms with van der Waals surface area (Å²) < 4.78 is 0. The van der Waals surface area contributed by atoms with E-state index in [9.17, 15) is 9.59 Å². The number of rotatable bonds is 5. The summed E-state index contributed by atoms with van der Waals surface area (Å²) in [5, 5.41) is 14.4. The minimum atomic E-state index is -0.899. The number of carbonyl (C=O) groups excluding carboxylic acids is 1. The van der Waals surface area contributed by atoms with Crippen LogP contribution < -0.4 is 10.6 Å². The molecule has 1 saturated carbocycles. The third-order valence-electron chi connectivity index (χ3n) is 3.51. The van der Waals surface area contributed by atoms with Crippen LogP contribution in [-0.4, -0.2) is 29.7 Å². The van der Waals surface area contributed by atoms with Crippen LogP contribution in [0.4, 0.5) is 4.79 Å². The third kappa shape index (κ3) is 4.94. The molecular formula is C13H24N2O3. The number of carboxylic acid groups (broad SMARTS) is 1. The molecule has 5 nitrogen and oxygen atoms in total. The highest BCUT2D eigenvalue weighted by molar-refractivity contribution is 5.76. The summed E-state index contributed by atoms with van der Waals surface area (Å²) in [4.78, 5) is 22.5. The Morgan fingerprint density at radius 2 is 1.89 bits per heavy atom. The molecule has 1 aliphatic carbocycles. The molecule has 0 bridgehead atoms. The van der Waals surface area contributed by atoms with Crippen molar-refractivity contribution in [1.82, 2.24) is 10.6 Å². The summed E-state index contributed by atoms with van der Waals surface area (Å²) in [6.45, 7) is 8.55. The van der Waals surface area contributed by atoms with Crippen LogP contribution in [0.2, 0.25) is 0 Å². The molecule has 1 fully saturated rings. The average molecular weight is 256 g/mol. The Morgan fingerprint density at radius 1 is 1.33 bits per heavy atom. The first-order valence-corrected chi connectivity index (χ1v) is 6.39. The van der Waals surface area contributed by atoms with E-state index in [0.717, 1.165) is 12.8 Å². The van der Waals surface area contributed by atoms with E-state index in [1.165, 1.54) is 0 Å². The number of urea groups is 1. The van der Waals surface area contributed by atoms with Crippen LogP contribution in [0, 0.1) is 10.8 Å². The van der Waals surface area contributed by atoms with Crippen molar-refractivity contribution in [2.75, 3.05) is 6.54 Å². The molecule has 5 heteroatoms. The van der Waals surface area contributed by atoms with Gasteiger partial charge in [0.2, 0.25) is 0 Å². The molecule has 1 rings (SSSR count). The van der Waals surface area contributed by atoms with Gasteiger partial charge < -0.3 is 15.7 Å². The van der Waals surface area contributed by atoms with Crippen molar-refractivity contribution >= 4 is 12.0 Å². The van der Waals surface area contributed by atoms with E-state index in [1.54, 1.807) is 0 Å². The van der Waals surface area contributed by atoms with Crippen molar-refractivity contribution in [2.24, 2.45) is 10.8 Å². The van der Waals surface area contributed by atoms with Gasteiger partial charge in [0.15, 0.2) is 0 Å². The highest BCUT2D eigenvalue weighted by atomic mass is 16.4. The smallest absolute Gasteiger partial charge is 0.315 e. The van der Waals surface area contributed by atoms with E-state index in [0.29, 0.717) is 6.54 Å². The highest BCUT2D eigenvalue weighted by Gasteiger charge is 2.37. The maximum atomic E-state index is 11.7. The molecule has 2 amide bonds. The fraction of sp³-hybridized carbons (Fsp3) is 0.846. The van der Waals surface area contributed by atoms with E-state index >= 15 is 0 Å². The van der Waals surface area contributed by atoms with Gasteiger partial charge in [0, 0.05) is 12.6 Å². The fourth-order valence-electron chi connectivity index (χ4n) is 1.64. The molecule has 0 heterocycles. The standard InChI is InChI=1S/C13H24N2O3/c1-12(2,3)9(7-10(16)17)15-11(18)14-8-13(4)5-6-13/h9H,5-8H2,1-4H3,(H,16,17)(H2,14,15,18). The lowest BCUT2D eigenvalue weighted by Crippen LogP contribution is -2.49. The molecule has 3 N–H and O–H groups in total. The maximum Gasteiger partial charge on any atom is 0.315 e. The molecule has 0 aliphatic heterocycles. The summed E-state index contributed by atoms with van der Waals surface area (Å²) in [6.07, 6.45) is 2.23. The van der Waals surface area contributed by atoms with Crippen molar-refractivity contribution in [3.63, 3.8) is 0 Å². The van der Waals surface area contributed by atoms with E-state index < -0.39 is 5.97 Å². The van der Waals surface area contributed by atoms with Crippen LogP contribution in [0.15, 0.2) is 0 Å². The van der Waals surface area contributed by atoms with Crippen LogP contribution in [0.3, 0.4) is 0 Å². The Labute approximate surface area is 108 Å². The molecular weight excluding hydrogens is 232 g/mol. The molecule has 0 aromatic heterocycles. The summed E-state index contributed by atoms with van der Waals surface area (Å²) in [5.41, 5.74) is -0.0272. The molecule has 18 heavy (non-hydrogen) atoms. The Bertz CT molecular complexity index is 330. The Hall–Kier alpha value is -1.26. The first-order valence-electron chi connectivity index (χ1n) is 6.39. The van der Waals surface area contributed by atoms with Crippen LogP contribution in [0.5, 0.6) is 0 Å². The van der Waals surface area contributed by atoms with E-state index in [2.05, 4.69) is 17.6 Å². The fourth-order valence-corrected chi connectivity index (χ4v) is 1.64. The number of aliphatic carboxylic acids is 1. The van der Waals surface area contributed by atoms with Crippen molar-refractivity contribution in [3.8, 4) is 0 Å². The van der Waals surface area contributed by atoms with E-state index in [1.807, 2.05) is 20.8 Å². The van der Waals surface area contributed by atoms with E-state index in [-0.39, 0.29) is 29.3 Å². The summed E-state index contributed by atoms with van der Waals surface area (Å²) in [5.74, 6) is -0.899. The van der Waals surface area contributed by atoms with Gasteiger partial charge in [0.05, 0.1) is 6.42 Å². The SMILES string of the molecule is CC1(CNC(=O)NC(CC(=O)O)C(C)(C)C)CC1. The van der Waals surface area contributed by atoms with Gasteiger partial charge in [-0.15, -0.1) is 0 Å². The van der Waals surface area contributed by atoms with Crippen molar-refractivity contribution in [3.05, 3.63) is 0 Å². The van der Waals surface area contributed by atoms with Crippen LogP contribution >= 0.6 is 0 Å². The second kappa shape index (κ2) is 5.16. The predicted octanol–water partition coefficient (Wildman–Crippen LogP) is 1.98. The first-order chi connectivity index (χ1) is 8.12. The normalized spacial score (nSPS) is 18.9. The molecule has 1 aliphatic rings. The molecule has 0 radical (unpaired) electrons. The second-order valence-electron chi connectivity index (χ2n) is 6.65. The van der Waals surface area contributed by atoms with E-state index in [4.69, 9.17) is 5.11 Å². The third-order valence-corrected chi connectivity index (χ3v) is 3.51. The molecule has 0 aromatic rings. The molecule has 1 unspecified atom stereocenters. The number of carboxylic acids is 1. The lowest BCUT2D eigenvalue weighted by atomic mass is 9.85. The average Bonchev–Trinajstić information content (AvgIpc) is 2.91. The quantitative estimate of drug-likeness (QED) is 0.703. The summed E-state index contributed by atoms with van der Waals surface area (Å²) in [7, 11) is 0. The summed E-state index contributed by atoms with van der Waals surface area (Å²) in [6, 6.07) is -0.647. The molecule has 104 valence electrons. The van der Waals surface area contributed by atoms with Gasteiger partial charge in [-0.05, 0) is 23.7 Å². The zero-order chi connectivity index (χ0) is 14.0. The maximum absolute atomic E-state index is 11.7. The van der Waals surface area contributed by atoms with Crippen LogP contribution in [0.25, 0.3) is 0 Å². The predicted molar refractivity (Wildman–Crippen MR) is 69.4 cm³/mol. The first kappa shape index (κ1) is 14.8. The monoisotopic (exact) mass is 256 g/mol. The number of hydrogen-bond donors (Lipinski definition) is 3. The topological polar surface area (TPSA) is 78.4 Å². The summed E-state index contributed by atoms with van der Waals surface area (Å²) >= 11 is 0. The minimum absolute atomic E-state index is 0.0613. The van der Waals surface area contributed by atoms with Crippen molar-refractivity contribution in [1.29, 1.82) is 0 Å². The highest BCUT2D eigenvalue weighted by Crippen LogP contribution is 2.43. The lowest BCUT2D eigenvalue weighted by molar-refractivity contribution is -0.138. The van der Waals surface area contributed by atoms with Crippen LogP contribution in [-0.2, 0) is 4.79 Å². The Balaban J connectivity index is 2.44. The Morgan fingerprint density at radius 3 is 2.28 bits per heavy atom. The lowest BCUT2D eigenvalue weighted by Gasteiger charge is -2.30. The van der Waals surface area contributed by atoms with Gasteiger partial charge in [-0.3, -0.25) is 4.79 Å². The number of carbonyl (C=O) groups is 2. The Kier molecular flexibility index (Phi) is 4.24. The van der Waals surface area contributed by atoms with Gasteiger partial charge in [0.25, 0.3) is 0 Å². The largest absolute Gasteiger partial charge is 0.481 e. The minimum Gasteiger partial charge on any atom is -0.481 e. The van der Waals surface area contributed by atoms with Gasteiger partial charge in [-0.2, -0.15) is 0 Å². The molecule has 0 spiro atoms. The van der Waals surface area contributed by atoms with Gasteiger partial charge in [-0.25, -0.2) is 4.79 Å². The zero-order valence-electron chi connectivity index (χ0n) is 11.7. The van der Waals surface area contributed by atoms with Gasteiger partial charge >= 0.3 is 12.0 Å². The number of amides is 2. The zero-order valence-corrected chi connectivity index (χ0v) is 11.7. The van der Waals surface area contributed by atoms with Gasteiger partial charge in [0.1, 0.15) is 0 Å².